The highest BCUT2D eigenvalue weighted by atomic mass is 32.1. The standard InChI is InChI=1S/C19H23N3O2S/c23-17(22-19(24)21-15-9-4-5-10-15)13-20-18(16-11-6-12-25-16)14-7-2-1-3-8-14/h1-3,6-8,11-12,15,18,20H,4-5,9-10,13H2,(H2,21,22,23,24)/t18-/m1/s1. The van der Waals surface area contributed by atoms with E-state index >= 15 is 0 Å². The molecule has 1 fully saturated rings. The fourth-order valence-electron chi connectivity index (χ4n) is 3.14. The maximum atomic E-state index is 12.1. The van der Waals surface area contributed by atoms with Crippen molar-refractivity contribution in [2.75, 3.05) is 6.54 Å². The minimum absolute atomic E-state index is 0.0650. The van der Waals surface area contributed by atoms with Crippen molar-refractivity contribution in [2.45, 2.75) is 37.8 Å². The Morgan fingerprint density at radius 3 is 2.52 bits per heavy atom. The molecule has 1 heterocycles. The number of carbonyl (C=O) groups excluding carboxylic acids is 2. The summed E-state index contributed by atoms with van der Waals surface area (Å²) >= 11 is 1.64. The number of hydrogen-bond acceptors (Lipinski definition) is 4. The molecule has 6 heteroatoms. The Bertz CT molecular complexity index is 682. The van der Waals surface area contributed by atoms with Crippen molar-refractivity contribution >= 4 is 23.3 Å². The third-order valence-corrected chi connectivity index (χ3v) is 5.31. The van der Waals surface area contributed by atoms with E-state index in [2.05, 4.69) is 16.0 Å². The Morgan fingerprint density at radius 2 is 1.84 bits per heavy atom. The first kappa shape index (κ1) is 17.6. The minimum Gasteiger partial charge on any atom is -0.335 e. The molecule has 3 N–H and O–H groups in total. The molecule has 1 aliphatic rings. The molecular formula is C19H23N3O2S. The quantitative estimate of drug-likeness (QED) is 0.743. The third-order valence-electron chi connectivity index (χ3n) is 4.37. The summed E-state index contributed by atoms with van der Waals surface area (Å²) in [6.45, 7) is 0.0789. The lowest BCUT2D eigenvalue weighted by Crippen LogP contribution is -2.46. The van der Waals surface area contributed by atoms with E-state index in [-0.39, 0.29) is 24.5 Å². The Kier molecular flexibility index (Phi) is 6.19. The second-order valence-electron chi connectivity index (χ2n) is 6.24. The Morgan fingerprint density at radius 1 is 1.08 bits per heavy atom. The van der Waals surface area contributed by atoms with E-state index in [1.807, 2.05) is 47.8 Å². The van der Waals surface area contributed by atoms with Gasteiger partial charge in [0.25, 0.3) is 0 Å². The van der Waals surface area contributed by atoms with Crippen LogP contribution in [0.5, 0.6) is 0 Å². The highest BCUT2D eigenvalue weighted by Gasteiger charge is 2.19. The average Bonchev–Trinajstić information content (AvgIpc) is 3.30. The predicted molar refractivity (Wildman–Crippen MR) is 99.5 cm³/mol. The summed E-state index contributed by atoms with van der Waals surface area (Å²) in [4.78, 5) is 25.1. The normalized spacial score (nSPS) is 15.7. The van der Waals surface area contributed by atoms with Gasteiger partial charge in [0.15, 0.2) is 0 Å². The summed E-state index contributed by atoms with van der Waals surface area (Å²) < 4.78 is 0. The van der Waals surface area contributed by atoms with Crippen LogP contribution in [-0.4, -0.2) is 24.5 Å². The fraction of sp³-hybridized carbons (Fsp3) is 0.368. The largest absolute Gasteiger partial charge is 0.335 e. The van der Waals surface area contributed by atoms with Crippen LogP contribution in [0.25, 0.3) is 0 Å². The topological polar surface area (TPSA) is 70.2 Å². The van der Waals surface area contributed by atoms with Crippen molar-refractivity contribution in [3.05, 3.63) is 58.3 Å². The number of imide groups is 1. The van der Waals surface area contributed by atoms with Gasteiger partial charge < -0.3 is 5.32 Å². The molecule has 132 valence electrons. The molecule has 0 unspecified atom stereocenters. The van der Waals surface area contributed by atoms with Crippen LogP contribution in [0.4, 0.5) is 4.79 Å². The van der Waals surface area contributed by atoms with Gasteiger partial charge >= 0.3 is 6.03 Å². The van der Waals surface area contributed by atoms with Gasteiger partial charge in [-0.2, -0.15) is 0 Å². The van der Waals surface area contributed by atoms with Crippen molar-refractivity contribution < 1.29 is 9.59 Å². The van der Waals surface area contributed by atoms with Gasteiger partial charge in [-0.15, -0.1) is 11.3 Å². The number of rotatable bonds is 6. The van der Waals surface area contributed by atoms with Gasteiger partial charge in [0.05, 0.1) is 12.6 Å². The average molecular weight is 357 g/mol. The highest BCUT2D eigenvalue weighted by molar-refractivity contribution is 7.10. The smallest absolute Gasteiger partial charge is 0.321 e. The summed E-state index contributed by atoms with van der Waals surface area (Å²) in [6, 6.07) is 13.8. The molecule has 0 saturated heterocycles. The Labute approximate surface area is 151 Å². The molecule has 3 amide bonds. The molecule has 1 saturated carbocycles. The van der Waals surface area contributed by atoms with Crippen LogP contribution in [0.2, 0.25) is 0 Å². The summed E-state index contributed by atoms with van der Waals surface area (Å²) in [7, 11) is 0. The van der Waals surface area contributed by atoms with Crippen molar-refractivity contribution in [1.82, 2.24) is 16.0 Å². The molecule has 1 aromatic heterocycles. The zero-order valence-corrected chi connectivity index (χ0v) is 14.9. The Hall–Kier alpha value is -2.18. The zero-order valence-electron chi connectivity index (χ0n) is 14.0. The van der Waals surface area contributed by atoms with E-state index in [1.54, 1.807) is 11.3 Å². The molecule has 1 atom stereocenters. The van der Waals surface area contributed by atoms with Gasteiger partial charge in [-0.3, -0.25) is 15.4 Å². The maximum absolute atomic E-state index is 12.1. The van der Waals surface area contributed by atoms with Crippen LogP contribution in [0.15, 0.2) is 47.8 Å². The van der Waals surface area contributed by atoms with Gasteiger partial charge in [0.1, 0.15) is 0 Å². The summed E-state index contributed by atoms with van der Waals surface area (Å²) in [5.41, 5.74) is 1.09. The van der Waals surface area contributed by atoms with Gasteiger partial charge in [-0.1, -0.05) is 49.2 Å². The van der Waals surface area contributed by atoms with E-state index in [0.29, 0.717) is 0 Å². The van der Waals surface area contributed by atoms with Crippen molar-refractivity contribution in [3.8, 4) is 0 Å². The molecule has 3 rings (SSSR count). The molecule has 1 aromatic carbocycles. The Balaban J connectivity index is 1.54. The lowest BCUT2D eigenvalue weighted by Gasteiger charge is -2.18. The van der Waals surface area contributed by atoms with Gasteiger partial charge in [-0.05, 0) is 29.9 Å². The van der Waals surface area contributed by atoms with Gasteiger partial charge in [0, 0.05) is 10.9 Å². The fourth-order valence-corrected chi connectivity index (χ4v) is 3.97. The summed E-state index contributed by atoms with van der Waals surface area (Å²) in [5, 5.41) is 10.5. The summed E-state index contributed by atoms with van der Waals surface area (Å²) in [6.07, 6.45) is 4.27. The van der Waals surface area contributed by atoms with Crippen molar-refractivity contribution in [1.29, 1.82) is 0 Å². The number of benzene rings is 1. The molecule has 0 aliphatic heterocycles. The SMILES string of the molecule is O=C(CN[C@H](c1ccccc1)c1cccs1)NC(=O)NC1CCCC1. The van der Waals surface area contributed by atoms with Crippen molar-refractivity contribution in [3.63, 3.8) is 0 Å². The van der Waals surface area contributed by atoms with E-state index in [9.17, 15) is 9.59 Å². The summed E-state index contributed by atoms with van der Waals surface area (Å²) in [5.74, 6) is -0.326. The van der Waals surface area contributed by atoms with Gasteiger partial charge in [0.2, 0.25) is 5.91 Å². The zero-order chi connectivity index (χ0) is 17.5. The number of nitrogens with one attached hydrogen (secondary N) is 3. The van der Waals surface area contributed by atoms with E-state index < -0.39 is 6.03 Å². The van der Waals surface area contributed by atoms with Crippen LogP contribution in [-0.2, 0) is 4.79 Å². The molecule has 1 aliphatic carbocycles. The van der Waals surface area contributed by atoms with Crippen molar-refractivity contribution in [2.24, 2.45) is 0 Å². The minimum atomic E-state index is -0.397. The number of carbonyl (C=O) groups is 2. The predicted octanol–water partition coefficient (Wildman–Crippen LogP) is 3.20. The van der Waals surface area contributed by atoms with Crippen LogP contribution in [0.1, 0.15) is 42.2 Å². The third kappa shape index (κ3) is 5.14. The first-order valence-corrected chi connectivity index (χ1v) is 9.52. The lowest BCUT2D eigenvalue weighted by molar-refractivity contribution is -0.119. The van der Waals surface area contributed by atoms with E-state index in [0.717, 1.165) is 36.1 Å². The van der Waals surface area contributed by atoms with E-state index in [1.165, 1.54) is 0 Å². The van der Waals surface area contributed by atoms with Gasteiger partial charge in [-0.25, -0.2) is 4.79 Å². The first-order chi connectivity index (χ1) is 12.2. The lowest BCUT2D eigenvalue weighted by atomic mass is 10.1. The number of thiophene rings is 1. The second-order valence-corrected chi connectivity index (χ2v) is 7.22. The molecule has 5 nitrogen and oxygen atoms in total. The number of urea groups is 1. The monoisotopic (exact) mass is 357 g/mol. The van der Waals surface area contributed by atoms with Crippen LogP contribution < -0.4 is 16.0 Å². The van der Waals surface area contributed by atoms with Crippen LogP contribution in [0.3, 0.4) is 0 Å². The number of hydrogen-bond donors (Lipinski definition) is 3. The first-order valence-electron chi connectivity index (χ1n) is 8.64. The molecule has 2 aromatic rings. The second kappa shape index (κ2) is 8.78. The molecule has 0 bridgehead atoms. The van der Waals surface area contributed by atoms with Crippen LogP contribution >= 0.6 is 11.3 Å². The molecular weight excluding hydrogens is 334 g/mol. The number of amides is 3. The highest BCUT2D eigenvalue weighted by Crippen LogP contribution is 2.25. The molecule has 0 radical (unpaired) electrons. The molecule has 25 heavy (non-hydrogen) atoms. The molecule has 0 spiro atoms. The van der Waals surface area contributed by atoms with E-state index in [4.69, 9.17) is 0 Å². The van der Waals surface area contributed by atoms with Crippen LogP contribution in [0, 0.1) is 0 Å². The maximum Gasteiger partial charge on any atom is 0.321 e.